The third-order valence-electron chi connectivity index (χ3n) is 15.0. The molecule has 4 aromatic heterocycles. The Balaban J connectivity index is 0.917. The predicted octanol–water partition coefficient (Wildman–Crippen LogP) is 16.8. The second-order valence-corrected chi connectivity index (χ2v) is 20.5. The third-order valence-corrected chi connectivity index (χ3v) is 17.2. The fourth-order valence-corrected chi connectivity index (χ4v) is 14.1. The molecule has 1 spiro atoms. The molecule has 0 radical (unpaired) electrons. The summed E-state index contributed by atoms with van der Waals surface area (Å²) >= 11 is 3.51. The van der Waals surface area contributed by atoms with Crippen LogP contribution in [0.25, 0.3) is 119 Å². The van der Waals surface area contributed by atoms with Gasteiger partial charge in [-0.2, -0.15) is 0 Å². The van der Waals surface area contributed by atoms with Crippen LogP contribution in [0.15, 0.2) is 218 Å². The van der Waals surface area contributed by atoms with E-state index in [-0.39, 0.29) is 0 Å². The van der Waals surface area contributed by atoms with Gasteiger partial charge in [0.2, 0.25) is 0 Å². The summed E-state index contributed by atoms with van der Waals surface area (Å²) < 4.78 is 7.36. The van der Waals surface area contributed by atoms with Gasteiger partial charge in [-0.25, -0.2) is 9.97 Å². The molecular weight excluding hydrogens is 877 g/mol. The number of thiazole rings is 2. The van der Waals surface area contributed by atoms with Gasteiger partial charge in [0.1, 0.15) is 10.0 Å². The van der Waals surface area contributed by atoms with Crippen LogP contribution in [0.2, 0.25) is 0 Å². The average molecular weight is 913 g/mol. The van der Waals surface area contributed by atoms with Crippen LogP contribution in [0.1, 0.15) is 22.3 Å². The SMILES string of the molecule is c1ccc2c(c1)-c1ccccc1C21c2cc(-n3c4ccccc4c4cc(-c5nc6ccccc6s5)ccc43)ccc2-c2ccc(-n3c4ccccc4c4cc(-c5nc6ccccc6s5)ccc43)cc21. The molecule has 0 saturated carbocycles. The first-order chi connectivity index (χ1) is 34.2. The van der Waals surface area contributed by atoms with Crippen molar-refractivity contribution in [3.05, 3.63) is 241 Å². The molecule has 69 heavy (non-hydrogen) atoms. The first-order valence-corrected chi connectivity index (χ1v) is 25.1. The highest BCUT2D eigenvalue weighted by atomic mass is 32.1. The smallest absolute Gasteiger partial charge is 0.124 e. The fraction of sp³-hybridized carbons (Fsp3) is 0.0159. The predicted molar refractivity (Wildman–Crippen MR) is 289 cm³/mol. The number of benzene rings is 10. The molecule has 16 rings (SSSR count). The molecule has 0 aliphatic heterocycles. The van der Waals surface area contributed by atoms with Crippen LogP contribution in [0, 0.1) is 0 Å². The molecule has 320 valence electrons. The molecule has 0 atom stereocenters. The van der Waals surface area contributed by atoms with Crippen LogP contribution in [0.5, 0.6) is 0 Å². The summed E-state index contributed by atoms with van der Waals surface area (Å²) in [7, 11) is 0. The molecule has 4 heterocycles. The summed E-state index contributed by atoms with van der Waals surface area (Å²) in [4.78, 5) is 10.1. The first kappa shape index (κ1) is 37.6. The molecule has 10 aromatic carbocycles. The highest BCUT2D eigenvalue weighted by Gasteiger charge is 2.52. The van der Waals surface area contributed by atoms with Crippen LogP contribution in [0.3, 0.4) is 0 Å². The molecule has 0 unspecified atom stereocenters. The van der Waals surface area contributed by atoms with E-state index in [9.17, 15) is 0 Å². The molecule has 14 aromatic rings. The van der Waals surface area contributed by atoms with E-state index in [1.54, 1.807) is 22.7 Å². The van der Waals surface area contributed by atoms with Gasteiger partial charge in [-0.1, -0.05) is 121 Å². The number of hydrogen-bond donors (Lipinski definition) is 0. The largest absolute Gasteiger partial charge is 0.309 e. The highest BCUT2D eigenvalue weighted by Crippen LogP contribution is 2.63. The van der Waals surface area contributed by atoms with Gasteiger partial charge in [-0.15, -0.1) is 22.7 Å². The van der Waals surface area contributed by atoms with Crippen LogP contribution >= 0.6 is 22.7 Å². The van der Waals surface area contributed by atoms with Gasteiger partial charge < -0.3 is 9.13 Å². The monoisotopic (exact) mass is 912 g/mol. The Morgan fingerprint density at radius 3 is 1.22 bits per heavy atom. The van der Waals surface area contributed by atoms with Gasteiger partial charge in [0.05, 0.1) is 47.9 Å². The van der Waals surface area contributed by atoms with Gasteiger partial charge >= 0.3 is 0 Å². The van der Waals surface area contributed by atoms with Gasteiger partial charge in [-0.05, 0) is 142 Å². The molecule has 6 heteroatoms. The molecule has 2 aliphatic carbocycles. The van der Waals surface area contributed by atoms with Crippen molar-refractivity contribution < 1.29 is 0 Å². The number of fused-ring (bicyclic) bond motifs is 18. The van der Waals surface area contributed by atoms with Crippen LogP contribution < -0.4 is 0 Å². The van der Waals surface area contributed by atoms with Crippen molar-refractivity contribution in [1.29, 1.82) is 0 Å². The second kappa shape index (κ2) is 13.8. The molecule has 0 fully saturated rings. The Bertz CT molecular complexity index is 4170. The van der Waals surface area contributed by atoms with E-state index in [1.165, 1.54) is 97.5 Å². The van der Waals surface area contributed by atoms with E-state index >= 15 is 0 Å². The zero-order valence-corrected chi connectivity index (χ0v) is 38.5. The lowest BCUT2D eigenvalue weighted by atomic mass is 9.70. The quantitative estimate of drug-likeness (QED) is 0.176. The highest BCUT2D eigenvalue weighted by molar-refractivity contribution is 7.22. The summed E-state index contributed by atoms with van der Waals surface area (Å²) in [6.45, 7) is 0. The minimum absolute atomic E-state index is 0.554. The van der Waals surface area contributed by atoms with E-state index in [4.69, 9.17) is 9.97 Å². The van der Waals surface area contributed by atoms with Crippen LogP contribution in [0.4, 0.5) is 0 Å². The lowest BCUT2D eigenvalue weighted by Gasteiger charge is -2.31. The minimum Gasteiger partial charge on any atom is -0.309 e. The molecule has 4 nitrogen and oxygen atoms in total. The number of nitrogens with zero attached hydrogens (tertiary/aromatic N) is 4. The van der Waals surface area contributed by atoms with E-state index in [1.807, 2.05) is 0 Å². The van der Waals surface area contributed by atoms with Gasteiger partial charge in [0.25, 0.3) is 0 Å². The maximum atomic E-state index is 5.05. The van der Waals surface area contributed by atoms with Crippen LogP contribution in [-0.4, -0.2) is 19.1 Å². The van der Waals surface area contributed by atoms with Gasteiger partial charge in [-0.3, -0.25) is 0 Å². The summed E-state index contributed by atoms with van der Waals surface area (Å²) in [6, 6.07) is 81.1. The lowest BCUT2D eigenvalue weighted by molar-refractivity contribution is 0.791. The lowest BCUT2D eigenvalue weighted by Crippen LogP contribution is -2.26. The van der Waals surface area contributed by atoms with Crippen molar-refractivity contribution in [2.24, 2.45) is 0 Å². The van der Waals surface area contributed by atoms with E-state index in [0.717, 1.165) is 43.6 Å². The molecule has 0 bridgehead atoms. The van der Waals surface area contributed by atoms with Gasteiger partial charge in [0.15, 0.2) is 0 Å². The number of aromatic nitrogens is 4. The normalized spacial score (nSPS) is 13.3. The standard InChI is InChI=1S/C63H36N4S2/c1-5-17-49-41(13-1)42-14-2-6-18-50(42)63(49)51-35-39(66-55-21-9-3-15-45(55)47-33-37(25-31-57(47)66)61-64-53-19-7-11-23-59(53)68-61)27-29-43(51)44-30-28-40(36-52(44)63)67-56-22-10-4-16-46(56)48-34-38(26-32-58(48)67)62-65-54-20-8-12-24-60(54)69-62/h1-36H. The summed E-state index contributed by atoms with van der Waals surface area (Å²) in [6.07, 6.45) is 0. The van der Waals surface area contributed by atoms with Gasteiger partial charge in [0, 0.05) is 44.0 Å². The molecular formula is C63H36N4S2. The Hall–Kier alpha value is -8.42. The number of rotatable bonds is 4. The van der Waals surface area contributed by atoms with Crippen molar-refractivity contribution >= 4 is 86.7 Å². The molecule has 2 aliphatic rings. The molecule has 0 N–H and O–H groups in total. The van der Waals surface area contributed by atoms with Crippen molar-refractivity contribution in [2.45, 2.75) is 5.41 Å². The molecule has 0 saturated heterocycles. The molecule has 0 amide bonds. The Morgan fingerprint density at radius 2 is 0.725 bits per heavy atom. The summed E-state index contributed by atoms with van der Waals surface area (Å²) in [5.74, 6) is 0. The van der Waals surface area contributed by atoms with Crippen molar-refractivity contribution in [3.8, 4) is 54.8 Å². The van der Waals surface area contributed by atoms with Crippen molar-refractivity contribution in [2.75, 3.05) is 0 Å². The zero-order chi connectivity index (χ0) is 45.0. The number of hydrogen-bond acceptors (Lipinski definition) is 4. The fourth-order valence-electron chi connectivity index (χ4n) is 12.2. The summed E-state index contributed by atoms with van der Waals surface area (Å²) in [5.41, 5.74) is 21.2. The summed E-state index contributed by atoms with van der Waals surface area (Å²) in [5, 5.41) is 6.99. The Labute approximate surface area is 404 Å². The van der Waals surface area contributed by atoms with E-state index in [2.05, 4.69) is 228 Å². The van der Waals surface area contributed by atoms with E-state index in [0.29, 0.717) is 0 Å². The van der Waals surface area contributed by atoms with Crippen LogP contribution in [-0.2, 0) is 5.41 Å². The number of para-hydroxylation sites is 4. The maximum absolute atomic E-state index is 5.05. The Kier molecular flexibility index (Phi) is 7.55. The second-order valence-electron chi connectivity index (χ2n) is 18.4. The first-order valence-electron chi connectivity index (χ1n) is 23.5. The van der Waals surface area contributed by atoms with Crippen molar-refractivity contribution in [1.82, 2.24) is 19.1 Å². The minimum atomic E-state index is -0.554. The van der Waals surface area contributed by atoms with E-state index < -0.39 is 5.41 Å². The zero-order valence-electron chi connectivity index (χ0n) is 36.9. The Morgan fingerprint density at radius 1 is 0.319 bits per heavy atom. The maximum Gasteiger partial charge on any atom is 0.124 e. The van der Waals surface area contributed by atoms with Crippen molar-refractivity contribution in [3.63, 3.8) is 0 Å². The third kappa shape index (κ3) is 5.06. The topological polar surface area (TPSA) is 35.6 Å². The average Bonchev–Trinajstić information content (AvgIpc) is 4.26.